The van der Waals surface area contributed by atoms with Crippen LogP contribution < -0.4 is 11.1 Å². The third-order valence-electron chi connectivity index (χ3n) is 3.10. The number of para-hydroxylation sites is 2. The Labute approximate surface area is 116 Å². The number of hydrogen-bond acceptors (Lipinski definition) is 4. The minimum Gasteiger partial charge on any atom is -0.481 e. The summed E-state index contributed by atoms with van der Waals surface area (Å²) in [4.78, 5) is 24.5. The van der Waals surface area contributed by atoms with Crippen molar-refractivity contribution in [2.75, 3.05) is 30.8 Å². The van der Waals surface area contributed by atoms with Crippen molar-refractivity contribution in [1.29, 1.82) is 0 Å². The molecule has 1 aromatic carbocycles. The fraction of sp³-hybridized carbons (Fsp3) is 0.385. The minimum atomic E-state index is -0.961. The van der Waals surface area contributed by atoms with Crippen LogP contribution in [0.3, 0.4) is 0 Å². The van der Waals surface area contributed by atoms with Gasteiger partial charge in [0.1, 0.15) is 0 Å². The molecule has 1 heterocycles. The summed E-state index contributed by atoms with van der Waals surface area (Å²) in [6, 6.07) is 6.08. The highest BCUT2D eigenvalue weighted by Gasteiger charge is 2.29. The normalized spacial score (nSPS) is 18.6. The number of morpholine rings is 1. The second-order valence-corrected chi connectivity index (χ2v) is 4.54. The molecule has 1 aliphatic rings. The van der Waals surface area contributed by atoms with Gasteiger partial charge in [-0.05, 0) is 12.1 Å². The molecule has 1 fully saturated rings. The van der Waals surface area contributed by atoms with Crippen molar-refractivity contribution in [3.05, 3.63) is 24.3 Å². The first kappa shape index (κ1) is 14.1. The maximum absolute atomic E-state index is 12.2. The van der Waals surface area contributed by atoms with Crippen LogP contribution in [-0.2, 0) is 9.53 Å². The molecule has 0 spiro atoms. The van der Waals surface area contributed by atoms with Gasteiger partial charge in [-0.2, -0.15) is 0 Å². The third-order valence-corrected chi connectivity index (χ3v) is 3.10. The van der Waals surface area contributed by atoms with E-state index in [9.17, 15) is 9.59 Å². The number of benzene rings is 1. The van der Waals surface area contributed by atoms with E-state index in [-0.39, 0.29) is 19.1 Å². The topological polar surface area (TPSA) is 105 Å². The molecular formula is C13H17N3O4. The number of rotatable bonds is 3. The average molecular weight is 279 g/mol. The van der Waals surface area contributed by atoms with E-state index >= 15 is 0 Å². The van der Waals surface area contributed by atoms with Gasteiger partial charge < -0.3 is 25.8 Å². The molecule has 0 saturated carbocycles. The van der Waals surface area contributed by atoms with Gasteiger partial charge in [-0.25, -0.2) is 4.79 Å². The lowest BCUT2D eigenvalue weighted by Gasteiger charge is -2.34. The number of nitrogens with zero attached hydrogens (tertiary/aromatic N) is 1. The number of carboxylic acids is 1. The zero-order valence-corrected chi connectivity index (χ0v) is 10.9. The zero-order valence-electron chi connectivity index (χ0n) is 10.9. The molecule has 0 radical (unpaired) electrons. The maximum Gasteiger partial charge on any atom is 0.322 e. The number of anilines is 2. The monoisotopic (exact) mass is 279 g/mol. The second kappa shape index (κ2) is 6.25. The summed E-state index contributed by atoms with van der Waals surface area (Å²) in [6.45, 7) is 0.980. The number of aliphatic carboxylic acids is 1. The van der Waals surface area contributed by atoms with Crippen LogP contribution in [0.2, 0.25) is 0 Å². The van der Waals surface area contributed by atoms with Gasteiger partial charge in [0, 0.05) is 6.54 Å². The van der Waals surface area contributed by atoms with Crippen LogP contribution >= 0.6 is 0 Å². The molecule has 1 atom stereocenters. The Morgan fingerprint density at radius 1 is 1.45 bits per heavy atom. The van der Waals surface area contributed by atoms with Gasteiger partial charge in [0.05, 0.1) is 37.1 Å². The number of carboxylic acid groups (broad SMARTS) is 1. The number of nitrogen functional groups attached to an aromatic ring is 1. The summed E-state index contributed by atoms with van der Waals surface area (Å²) in [5.74, 6) is -0.961. The summed E-state index contributed by atoms with van der Waals surface area (Å²) in [7, 11) is 0. The highest BCUT2D eigenvalue weighted by molar-refractivity contribution is 5.93. The quantitative estimate of drug-likeness (QED) is 0.715. The van der Waals surface area contributed by atoms with Gasteiger partial charge in [-0.3, -0.25) is 4.79 Å². The van der Waals surface area contributed by atoms with Crippen molar-refractivity contribution >= 4 is 23.4 Å². The molecule has 1 aliphatic heterocycles. The Kier molecular flexibility index (Phi) is 4.41. The fourth-order valence-electron chi connectivity index (χ4n) is 2.09. The smallest absolute Gasteiger partial charge is 0.322 e. The number of nitrogens with two attached hydrogens (primary N) is 1. The lowest BCUT2D eigenvalue weighted by atomic mass is 10.1. The largest absolute Gasteiger partial charge is 0.481 e. The minimum absolute atomic E-state index is 0.141. The predicted molar refractivity (Wildman–Crippen MR) is 73.4 cm³/mol. The SMILES string of the molecule is Nc1ccccc1NC(=O)N1CCOCC1CC(=O)O. The van der Waals surface area contributed by atoms with Gasteiger partial charge in [0.25, 0.3) is 0 Å². The number of urea groups is 1. The van der Waals surface area contributed by atoms with Gasteiger partial charge in [-0.15, -0.1) is 0 Å². The van der Waals surface area contributed by atoms with E-state index in [1.54, 1.807) is 24.3 Å². The van der Waals surface area contributed by atoms with E-state index in [1.807, 2.05) is 0 Å². The van der Waals surface area contributed by atoms with Crippen LogP contribution in [0, 0.1) is 0 Å². The summed E-state index contributed by atoms with van der Waals surface area (Å²) < 4.78 is 5.23. The molecule has 1 unspecified atom stereocenters. The summed E-state index contributed by atoms with van der Waals surface area (Å²) in [6.07, 6.45) is -0.141. The van der Waals surface area contributed by atoms with Crippen LogP contribution in [0.5, 0.6) is 0 Å². The number of nitrogens with one attached hydrogen (secondary N) is 1. The molecule has 1 aromatic rings. The molecule has 4 N–H and O–H groups in total. The van der Waals surface area contributed by atoms with E-state index in [1.165, 1.54) is 4.90 Å². The fourth-order valence-corrected chi connectivity index (χ4v) is 2.09. The number of carbonyl (C=O) groups is 2. The van der Waals surface area contributed by atoms with E-state index in [0.29, 0.717) is 24.5 Å². The molecule has 7 heteroatoms. The van der Waals surface area contributed by atoms with Gasteiger partial charge in [0.15, 0.2) is 0 Å². The van der Waals surface area contributed by atoms with Crippen molar-refractivity contribution in [3.63, 3.8) is 0 Å². The predicted octanol–water partition coefficient (Wildman–Crippen LogP) is 0.976. The Balaban J connectivity index is 2.06. The molecule has 2 rings (SSSR count). The first-order valence-electron chi connectivity index (χ1n) is 6.29. The summed E-state index contributed by atoms with van der Waals surface area (Å²) >= 11 is 0. The van der Waals surface area contributed by atoms with Crippen LogP contribution in [0.15, 0.2) is 24.3 Å². The van der Waals surface area contributed by atoms with Gasteiger partial charge in [-0.1, -0.05) is 12.1 Å². The Bertz CT molecular complexity index is 506. The molecule has 7 nitrogen and oxygen atoms in total. The number of hydrogen-bond donors (Lipinski definition) is 3. The zero-order chi connectivity index (χ0) is 14.5. The standard InChI is InChI=1S/C13H17N3O4/c14-10-3-1-2-4-11(10)15-13(19)16-5-6-20-8-9(16)7-12(17)18/h1-4,9H,5-8,14H2,(H,15,19)(H,17,18). The molecule has 0 aromatic heterocycles. The summed E-state index contributed by atoms with van der Waals surface area (Å²) in [5, 5.41) is 11.6. The van der Waals surface area contributed by atoms with Crippen molar-refractivity contribution in [2.45, 2.75) is 12.5 Å². The van der Waals surface area contributed by atoms with Crippen LogP contribution in [0.25, 0.3) is 0 Å². The van der Waals surface area contributed by atoms with Crippen LogP contribution in [0.4, 0.5) is 16.2 Å². The van der Waals surface area contributed by atoms with E-state index in [2.05, 4.69) is 5.32 Å². The average Bonchev–Trinajstić information content (AvgIpc) is 2.41. The van der Waals surface area contributed by atoms with E-state index in [0.717, 1.165) is 0 Å². The molecular weight excluding hydrogens is 262 g/mol. The molecule has 0 aliphatic carbocycles. The Morgan fingerprint density at radius 2 is 2.20 bits per heavy atom. The van der Waals surface area contributed by atoms with Gasteiger partial charge >= 0.3 is 12.0 Å². The third kappa shape index (κ3) is 3.39. The van der Waals surface area contributed by atoms with Crippen molar-refractivity contribution in [2.24, 2.45) is 0 Å². The van der Waals surface area contributed by atoms with E-state index < -0.39 is 12.0 Å². The lowest BCUT2D eigenvalue weighted by molar-refractivity contribution is -0.139. The number of amides is 2. The first-order chi connectivity index (χ1) is 9.58. The lowest BCUT2D eigenvalue weighted by Crippen LogP contribution is -2.51. The summed E-state index contributed by atoms with van der Waals surface area (Å²) in [5.41, 5.74) is 6.74. The van der Waals surface area contributed by atoms with E-state index in [4.69, 9.17) is 15.6 Å². The van der Waals surface area contributed by atoms with Crippen molar-refractivity contribution in [1.82, 2.24) is 4.90 Å². The molecule has 1 saturated heterocycles. The molecule has 0 bridgehead atoms. The Hall–Kier alpha value is -2.28. The number of carbonyl (C=O) groups excluding carboxylic acids is 1. The number of ether oxygens (including phenoxy) is 1. The molecule has 2 amide bonds. The Morgan fingerprint density at radius 3 is 2.90 bits per heavy atom. The van der Waals surface area contributed by atoms with Crippen molar-refractivity contribution in [3.8, 4) is 0 Å². The first-order valence-corrected chi connectivity index (χ1v) is 6.29. The van der Waals surface area contributed by atoms with Crippen LogP contribution in [-0.4, -0.2) is 47.8 Å². The maximum atomic E-state index is 12.2. The second-order valence-electron chi connectivity index (χ2n) is 4.54. The van der Waals surface area contributed by atoms with Gasteiger partial charge in [0.2, 0.25) is 0 Å². The molecule has 108 valence electrons. The van der Waals surface area contributed by atoms with Crippen molar-refractivity contribution < 1.29 is 19.4 Å². The van der Waals surface area contributed by atoms with Crippen LogP contribution in [0.1, 0.15) is 6.42 Å². The highest BCUT2D eigenvalue weighted by atomic mass is 16.5. The highest BCUT2D eigenvalue weighted by Crippen LogP contribution is 2.19. The molecule has 20 heavy (non-hydrogen) atoms.